The Balaban J connectivity index is 1.70. The number of hydrogen-bond acceptors (Lipinski definition) is 3. The highest BCUT2D eigenvalue weighted by molar-refractivity contribution is 5.27. The molecule has 0 saturated heterocycles. The van der Waals surface area contributed by atoms with Crippen molar-refractivity contribution in [3.8, 4) is 5.75 Å². The van der Waals surface area contributed by atoms with Crippen molar-refractivity contribution in [2.45, 2.75) is 45.1 Å². The smallest absolute Gasteiger partial charge is 0.119 e. The predicted molar refractivity (Wildman–Crippen MR) is 88.7 cm³/mol. The van der Waals surface area contributed by atoms with Gasteiger partial charge in [-0.15, -0.1) is 0 Å². The first kappa shape index (κ1) is 16.3. The molecule has 118 valence electrons. The fraction of sp³-hybridized carbons (Fsp3) is 0.667. The first-order valence-corrected chi connectivity index (χ1v) is 8.30. The van der Waals surface area contributed by atoms with Crippen LogP contribution >= 0.6 is 0 Å². The number of nitrogens with two attached hydrogens (primary N) is 1. The van der Waals surface area contributed by atoms with Crippen molar-refractivity contribution >= 4 is 0 Å². The van der Waals surface area contributed by atoms with Crippen LogP contribution in [0.5, 0.6) is 5.75 Å². The number of benzene rings is 1. The molecule has 0 aromatic heterocycles. The zero-order chi connectivity index (χ0) is 15.1. The maximum atomic E-state index is 5.93. The van der Waals surface area contributed by atoms with E-state index in [2.05, 4.69) is 31.0 Å². The van der Waals surface area contributed by atoms with Crippen molar-refractivity contribution in [1.29, 1.82) is 0 Å². The third-order valence-corrected chi connectivity index (χ3v) is 4.65. The Bertz CT molecular complexity index is 421. The second kappa shape index (κ2) is 8.40. The standard InChI is InChI=1S/C18H30N2O/c1-15-7-5-9-17(13-15)21-12-6-11-20(2)18-10-4-3-8-16(18)14-19/h5,7,9,13,16,18H,3-4,6,8,10-12,14,19H2,1-2H3. The molecule has 0 aliphatic heterocycles. The molecular formula is C18H30N2O. The molecule has 2 atom stereocenters. The van der Waals surface area contributed by atoms with Crippen LogP contribution < -0.4 is 10.5 Å². The van der Waals surface area contributed by atoms with Crippen molar-refractivity contribution in [2.24, 2.45) is 11.7 Å². The average molecular weight is 290 g/mol. The third-order valence-electron chi connectivity index (χ3n) is 4.65. The maximum Gasteiger partial charge on any atom is 0.119 e. The molecule has 2 rings (SSSR count). The Morgan fingerprint density at radius 2 is 2.10 bits per heavy atom. The molecule has 0 spiro atoms. The average Bonchev–Trinajstić information content (AvgIpc) is 2.51. The number of rotatable bonds is 7. The summed E-state index contributed by atoms with van der Waals surface area (Å²) in [6.07, 6.45) is 6.37. The lowest BCUT2D eigenvalue weighted by molar-refractivity contribution is 0.126. The number of nitrogens with zero attached hydrogens (tertiary/aromatic N) is 1. The van der Waals surface area contributed by atoms with Crippen LogP contribution in [-0.2, 0) is 0 Å². The summed E-state index contributed by atoms with van der Waals surface area (Å²) >= 11 is 0. The quantitative estimate of drug-likeness (QED) is 0.784. The van der Waals surface area contributed by atoms with E-state index >= 15 is 0 Å². The lowest BCUT2D eigenvalue weighted by Gasteiger charge is -2.37. The molecule has 3 heteroatoms. The van der Waals surface area contributed by atoms with Crippen LogP contribution in [0.25, 0.3) is 0 Å². The molecule has 2 unspecified atom stereocenters. The van der Waals surface area contributed by atoms with E-state index in [1.807, 2.05) is 12.1 Å². The molecule has 1 aliphatic carbocycles. The first-order valence-electron chi connectivity index (χ1n) is 8.30. The van der Waals surface area contributed by atoms with E-state index in [0.29, 0.717) is 12.0 Å². The van der Waals surface area contributed by atoms with E-state index in [1.54, 1.807) is 0 Å². The normalized spacial score (nSPS) is 22.5. The van der Waals surface area contributed by atoms with Gasteiger partial charge in [-0.05, 0) is 63.4 Å². The predicted octanol–water partition coefficient (Wildman–Crippen LogP) is 3.21. The Hall–Kier alpha value is -1.06. The highest BCUT2D eigenvalue weighted by atomic mass is 16.5. The lowest BCUT2D eigenvalue weighted by Crippen LogP contribution is -2.43. The summed E-state index contributed by atoms with van der Waals surface area (Å²) in [7, 11) is 2.24. The number of aryl methyl sites for hydroxylation is 1. The van der Waals surface area contributed by atoms with E-state index in [9.17, 15) is 0 Å². The van der Waals surface area contributed by atoms with Gasteiger partial charge >= 0.3 is 0 Å². The van der Waals surface area contributed by atoms with Gasteiger partial charge in [-0.2, -0.15) is 0 Å². The molecule has 1 aliphatic rings. The zero-order valence-electron chi connectivity index (χ0n) is 13.6. The van der Waals surface area contributed by atoms with Gasteiger partial charge in [0.2, 0.25) is 0 Å². The molecule has 1 saturated carbocycles. The molecule has 2 N–H and O–H groups in total. The molecule has 0 amide bonds. The van der Waals surface area contributed by atoms with E-state index in [1.165, 1.54) is 31.2 Å². The summed E-state index contributed by atoms with van der Waals surface area (Å²) in [5.74, 6) is 1.66. The van der Waals surface area contributed by atoms with Crippen LogP contribution in [0.1, 0.15) is 37.7 Å². The Labute approximate surface area is 129 Å². The Morgan fingerprint density at radius 1 is 1.29 bits per heavy atom. The summed E-state index contributed by atoms with van der Waals surface area (Å²) in [6.45, 7) is 4.80. The monoisotopic (exact) mass is 290 g/mol. The second-order valence-corrected chi connectivity index (χ2v) is 6.35. The van der Waals surface area contributed by atoms with E-state index in [-0.39, 0.29) is 0 Å². The van der Waals surface area contributed by atoms with Crippen LogP contribution in [0, 0.1) is 12.8 Å². The Kier molecular flexibility index (Phi) is 6.52. The minimum absolute atomic E-state index is 0.669. The van der Waals surface area contributed by atoms with E-state index in [0.717, 1.165) is 31.9 Å². The van der Waals surface area contributed by atoms with Crippen molar-refractivity contribution in [1.82, 2.24) is 4.90 Å². The summed E-state index contributed by atoms with van der Waals surface area (Å²) < 4.78 is 5.83. The highest BCUT2D eigenvalue weighted by Gasteiger charge is 2.26. The van der Waals surface area contributed by atoms with E-state index < -0.39 is 0 Å². The molecule has 0 bridgehead atoms. The molecule has 3 nitrogen and oxygen atoms in total. The minimum atomic E-state index is 0.669. The molecule has 21 heavy (non-hydrogen) atoms. The minimum Gasteiger partial charge on any atom is -0.494 e. The van der Waals surface area contributed by atoms with Gasteiger partial charge in [0.15, 0.2) is 0 Å². The van der Waals surface area contributed by atoms with Gasteiger partial charge < -0.3 is 15.4 Å². The zero-order valence-corrected chi connectivity index (χ0v) is 13.6. The molecular weight excluding hydrogens is 260 g/mol. The summed E-state index contributed by atoms with van der Waals surface area (Å²) in [5.41, 5.74) is 7.17. The van der Waals surface area contributed by atoms with Gasteiger partial charge in [-0.25, -0.2) is 0 Å². The van der Waals surface area contributed by atoms with Crippen molar-refractivity contribution in [3.05, 3.63) is 29.8 Å². The Morgan fingerprint density at radius 3 is 2.86 bits per heavy atom. The number of ether oxygens (including phenoxy) is 1. The topological polar surface area (TPSA) is 38.5 Å². The third kappa shape index (κ3) is 5.01. The molecule has 0 heterocycles. The van der Waals surface area contributed by atoms with Crippen LogP contribution in [0.2, 0.25) is 0 Å². The van der Waals surface area contributed by atoms with Gasteiger partial charge in [0, 0.05) is 12.6 Å². The maximum absolute atomic E-state index is 5.93. The van der Waals surface area contributed by atoms with Gasteiger partial charge in [0.1, 0.15) is 5.75 Å². The van der Waals surface area contributed by atoms with Gasteiger partial charge in [0.25, 0.3) is 0 Å². The van der Waals surface area contributed by atoms with Crippen molar-refractivity contribution in [2.75, 3.05) is 26.7 Å². The fourth-order valence-corrected chi connectivity index (χ4v) is 3.42. The van der Waals surface area contributed by atoms with E-state index in [4.69, 9.17) is 10.5 Å². The summed E-state index contributed by atoms with van der Waals surface area (Å²) in [6, 6.07) is 8.93. The van der Waals surface area contributed by atoms with Crippen LogP contribution in [0.3, 0.4) is 0 Å². The molecule has 0 radical (unpaired) electrons. The van der Waals surface area contributed by atoms with Crippen LogP contribution in [-0.4, -0.2) is 37.7 Å². The summed E-state index contributed by atoms with van der Waals surface area (Å²) in [4.78, 5) is 2.50. The van der Waals surface area contributed by atoms with Crippen molar-refractivity contribution < 1.29 is 4.74 Å². The SMILES string of the molecule is Cc1cccc(OCCCN(C)C2CCCCC2CN)c1. The van der Waals surface area contributed by atoms with Crippen LogP contribution in [0.15, 0.2) is 24.3 Å². The largest absolute Gasteiger partial charge is 0.494 e. The molecule has 1 fully saturated rings. The van der Waals surface area contributed by atoms with Gasteiger partial charge in [-0.3, -0.25) is 0 Å². The lowest BCUT2D eigenvalue weighted by atomic mass is 9.83. The molecule has 1 aromatic rings. The molecule has 1 aromatic carbocycles. The highest BCUT2D eigenvalue weighted by Crippen LogP contribution is 2.27. The van der Waals surface area contributed by atoms with Crippen molar-refractivity contribution in [3.63, 3.8) is 0 Å². The van der Waals surface area contributed by atoms with Gasteiger partial charge in [-0.1, -0.05) is 25.0 Å². The second-order valence-electron chi connectivity index (χ2n) is 6.35. The first-order chi connectivity index (χ1) is 10.2. The van der Waals surface area contributed by atoms with Gasteiger partial charge in [0.05, 0.1) is 6.61 Å². The summed E-state index contributed by atoms with van der Waals surface area (Å²) in [5, 5.41) is 0. The van der Waals surface area contributed by atoms with Crippen LogP contribution in [0.4, 0.5) is 0 Å². The number of hydrogen-bond donors (Lipinski definition) is 1. The fourth-order valence-electron chi connectivity index (χ4n) is 3.42.